The molecule has 0 unspecified atom stereocenters. The summed E-state index contributed by atoms with van der Waals surface area (Å²) in [4.78, 5) is 11.1. The van der Waals surface area contributed by atoms with Crippen LogP contribution in [0.2, 0.25) is 5.02 Å². The maximum atomic E-state index is 13.0. The van der Waals surface area contributed by atoms with E-state index in [1.54, 1.807) is 19.2 Å². The van der Waals surface area contributed by atoms with Gasteiger partial charge in [0.05, 0.1) is 5.02 Å². The highest BCUT2D eigenvalue weighted by molar-refractivity contribution is 6.30. The van der Waals surface area contributed by atoms with E-state index in [1.807, 2.05) is 0 Å². The largest absolute Gasteiger partial charge is 0.341 e. The monoisotopic (exact) mass is 256 g/mol. The second-order valence-corrected chi connectivity index (χ2v) is 4.67. The van der Waals surface area contributed by atoms with Gasteiger partial charge in [-0.3, -0.25) is 0 Å². The van der Waals surface area contributed by atoms with E-state index in [4.69, 9.17) is 11.6 Å². The molecule has 1 fully saturated rings. The van der Waals surface area contributed by atoms with Crippen molar-refractivity contribution in [3.8, 4) is 0 Å². The van der Waals surface area contributed by atoms with Crippen LogP contribution in [0.3, 0.4) is 0 Å². The van der Waals surface area contributed by atoms with Crippen molar-refractivity contribution in [3.05, 3.63) is 34.6 Å². The minimum absolute atomic E-state index is 0.158. The maximum absolute atomic E-state index is 13.0. The molecule has 1 aliphatic carbocycles. The van der Waals surface area contributed by atoms with E-state index >= 15 is 0 Å². The number of hydrogen-bond donors (Lipinski definition) is 2. The fraction of sp³-hybridized carbons (Fsp3) is 0.417. The van der Waals surface area contributed by atoms with Crippen LogP contribution in [0.25, 0.3) is 0 Å². The van der Waals surface area contributed by atoms with Gasteiger partial charge in [0.15, 0.2) is 0 Å². The summed E-state index contributed by atoms with van der Waals surface area (Å²) in [5.74, 6) is -0.0370. The van der Waals surface area contributed by atoms with E-state index < -0.39 is 5.82 Å². The highest BCUT2D eigenvalue weighted by Crippen LogP contribution is 2.37. The number of amides is 2. The van der Waals surface area contributed by atoms with E-state index in [1.165, 1.54) is 6.07 Å². The van der Waals surface area contributed by atoms with Gasteiger partial charge in [0.2, 0.25) is 0 Å². The minimum Gasteiger partial charge on any atom is -0.341 e. The Bertz CT molecular complexity index is 433. The third-order valence-corrected chi connectivity index (χ3v) is 3.41. The van der Waals surface area contributed by atoms with Gasteiger partial charge in [-0.05, 0) is 36.5 Å². The van der Waals surface area contributed by atoms with E-state index in [-0.39, 0.29) is 17.1 Å². The van der Waals surface area contributed by atoms with E-state index in [9.17, 15) is 9.18 Å². The van der Waals surface area contributed by atoms with Crippen LogP contribution in [-0.2, 0) is 0 Å². The number of rotatable bonds is 2. The summed E-state index contributed by atoms with van der Waals surface area (Å²) in [7, 11) is 1.59. The number of carbonyl (C=O) groups is 1. The van der Waals surface area contributed by atoms with E-state index in [0.717, 1.165) is 18.4 Å². The molecule has 1 aliphatic rings. The highest BCUT2D eigenvalue weighted by atomic mass is 35.5. The van der Waals surface area contributed by atoms with E-state index in [0.29, 0.717) is 5.92 Å². The molecule has 1 saturated carbocycles. The first-order chi connectivity index (χ1) is 8.10. The van der Waals surface area contributed by atoms with Gasteiger partial charge in [-0.25, -0.2) is 9.18 Å². The number of halogens is 2. The van der Waals surface area contributed by atoms with Crippen LogP contribution in [0.15, 0.2) is 18.2 Å². The topological polar surface area (TPSA) is 41.1 Å². The zero-order chi connectivity index (χ0) is 12.4. The van der Waals surface area contributed by atoms with Gasteiger partial charge in [0.25, 0.3) is 0 Å². The van der Waals surface area contributed by atoms with Crippen molar-refractivity contribution in [2.45, 2.75) is 24.8 Å². The zero-order valence-corrected chi connectivity index (χ0v) is 10.2. The molecule has 0 heterocycles. The third kappa shape index (κ3) is 2.69. The van der Waals surface area contributed by atoms with Gasteiger partial charge < -0.3 is 10.6 Å². The molecule has 0 radical (unpaired) electrons. The van der Waals surface area contributed by atoms with Crippen LogP contribution in [0.5, 0.6) is 0 Å². The molecule has 5 heteroatoms. The lowest BCUT2D eigenvalue weighted by atomic mass is 9.76. The average molecular weight is 257 g/mol. The van der Waals surface area contributed by atoms with Crippen LogP contribution in [0, 0.1) is 5.82 Å². The molecule has 0 atom stereocenters. The van der Waals surface area contributed by atoms with Gasteiger partial charge in [0, 0.05) is 13.1 Å². The van der Waals surface area contributed by atoms with Crippen molar-refractivity contribution < 1.29 is 9.18 Å². The molecule has 0 bridgehead atoms. The predicted octanol–water partition coefficient (Wildman–Crippen LogP) is 2.65. The average Bonchev–Trinajstić information content (AvgIpc) is 2.26. The Labute approximate surface area is 104 Å². The fourth-order valence-electron chi connectivity index (χ4n) is 2.03. The van der Waals surface area contributed by atoms with Crippen molar-refractivity contribution in [1.82, 2.24) is 10.6 Å². The Morgan fingerprint density at radius 1 is 1.47 bits per heavy atom. The summed E-state index contributed by atoms with van der Waals surface area (Å²) in [6.07, 6.45) is 1.74. The lowest BCUT2D eigenvalue weighted by molar-refractivity contribution is 0.224. The first kappa shape index (κ1) is 12.2. The molecule has 2 rings (SSSR count). The molecule has 2 amide bonds. The molecule has 1 aromatic rings. The maximum Gasteiger partial charge on any atom is 0.314 e. The summed E-state index contributed by atoms with van der Waals surface area (Å²) in [6.45, 7) is 0. The zero-order valence-electron chi connectivity index (χ0n) is 9.47. The molecule has 3 nitrogen and oxygen atoms in total. The smallest absolute Gasteiger partial charge is 0.314 e. The molecule has 17 heavy (non-hydrogen) atoms. The first-order valence-corrected chi connectivity index (χ1v) is 5.91. The van der Waals surface area contributed by atoms with Crippen molar-refractivity contribution in [1.29, 1.82) is 0 Å². The molecule has 1 aromatic carbocycles. The Kier molecular flexibility index (Phi) is 3.52. The summed E-state index contributed by atoms with van der Waals surface area (Å²) in [5.41, 5.74) is 1.03. The van der Waals surface area contributed by atoms with Gasteiger partial charge in [-0.1, -0.05) is 17.7 Å². The SMILES string of the molecule is CNC(=O)NC1CC(c2ccc(F)c(Cl)c2)C1. The highest BCUT2D eigenvalue weighted by Gasteiger charge is 2.31. The number of carbonyl (C=O) groups excluding carboxylic acids is 1. The van der Waals surface area contributed by atoms with Crippen molar-refractivity contribution in [3.63, 3.8) is 0 Å². The minimum atomic E-state index is -0.394. The number of urea groups is 1. The Morgan fingerprint density at radius 3 is 2.76 bits per heavy atom. The van der Waals surface area contributed by atoms with Gasteiger partial charge >= 0.3 is 6.03 Å². The third-order valence-electron chi connectivity index (χ3n) is 3.12. The normalized spacial score (nSPS) is 22.8. The van der Waals surface area contributed by atoms with Gasteiger partial charge in [-0.2, -0.15) is 0 Å². The summed E-state index contributed by atoms with van der Waals surface area (Å²) < 4.78 is 13.0. The molecule has 0 spiro atoms. The van der Waals surface area contributed by atoms with Gasteiger partial charge in [-0.15, -0.1) is 0 Å². The van der Waals surface area contributed by atoms with E-state index in [2.05, 4.69) is 10.6 Å². The van der Waals surface area contributed by atoms with Crippen molar-refractivity contribution in [2.24, 2.45) is 0 Å². The number of benzene rings is 1. The van der Waals surface area contributed by atoms with Gasteiger partial charge in [0.1, 0.15) is 5.82 Å². The lowest BCUT2D eigenvalue weighted by Crippen LogP contribution is -2.46. The second-order valence-electron chi connectivity index (χ2n) is 4.26. The number of nitrogens with one attached hydrogen (secondary N) is 2. The second kappa shape index (κ2) is 4.92. The van der Waals surface area contributed by atoms with Crippen molar-refractivity contribution in [2.75, 3.05) is 7.05 Å². The quantitative estimate of drug-likeness (QED) is 0.839. The first-order valence-electron chi connectivity index (χ1n) is 5.53. The lowest BCUT2D eigenvalue weighted by Gasteiger charge is -2.36. The molecule has 0 aromatic heterocycles. The van der Waals surface area contributed by atoms with Crippen LogP contribution < -0.4 is 10.6 Å². The van der Waals surface area contributed by atoms with Crippen LogP contribution in [0.4, 0.5) is 9.18 Å². The van der Waals surface area contributed by atoms with Crippen molar-refractivity contribution >= 4 is 17.6 Å². The summed E-state index contributed by atoms with van der Waals surface area (Å²) in [5, 5.41) is 5.51. The Hall–Kier alpha value is -1.29. The molecule has 2 N–H and O–H groups in total. The Morgan fingerprint density at radius 2 is 2.18 bits per heavy atom. The summed E-state index contributed by atoms with van der Waals surface area (Å²) in [6, 6.07) is 4.84. The molecular weight excluding hydrogens is 243 g/mol. The molecule has 92 valence electrons. The molecule has 0 saturated heterocycles. The van der Waals surface area contributed by atoms with Crippen LogP contribution >= 0.6 is 11.6 Å². The summed E-state index contributed by atoms with van der Waals surface area (Å²) >= 11 is 5.73. The number of hydrogen-bond acceptors (Lipinski definition) is 1. The molecule has 0 aliphatic heterocycles. The molecular formula is C12H14ClFN2O. The van der Waals surface area contributed by atoms with Crippen LogP contribution in [-0.4, -0.2) is 19.1 Å². The fourth-order valence-corrected chi connectivity index (χ4v) is 2.22. The standard InChI is InChI=1S/C12H14ClFN2O/c1-15-12(17)16-9-4-8(5-9)7-2-3-11(14)10(13)6-7/h2-3,6,8-9H,4-5H2,1H3,(H2,15,16,17). The predicted molar refractivity (Wildman–Crippen MR) is 64.8 cm³/mol. The Balaban J connectivity index is 1.91. The van der Waals surface area contributed by atoms with Crippen LogP contribution in [0.1, 0.15) is 24.3 Å².